The fraction of sp³-hybridized carbons (Fsp3) is 0.647. The highest BCUT2D eigenvalue weighted by Crippen LogP contribution is 2.35. The maximum Gasteiger partial charge on any atom is 0.124 e. The zero-order chi connectivity index (χ0) is 15.4. The molecule has 0 aromatic heterocycles. The predicted octanol–water partition coefficient (Wildman–Crippen LogP) is 2.69. The maximum atomic E-state index is 5.77. The molecule has 1 N–H and O–H groups in total. The number of nitrogens with zero attached hydrogens (tertiary/aromatic N) is 1. The molecule has 1 aromatic rings. The van der Waals surface area contributed by atoms with Gasteiger partial charge in [-0.25, -0.2) is 0 Å². The summed E-state index contributed by atoms with van der Waals surface area (Å²) in [5, 5.41) is 3.82. The van der Waals surface area contributed by atoms with Gasteiger partial charge in [-0.2, -0.15) is 0 Å². The van der Waals surface area contributed by atoms with E-state index in [9.17, 15) is 0 Å². The van der Waals surface area contributed by atoms with Crippen molar-refractivity contribution in [1.82, 2.24) is 10.2 Å². The van der Waals surface area contributed by atoms with E-state index in [4.69, 9.17) is 9.47 Å². The first-order valence-electron chi connectivity index (χ1n) is 7.72. The van der Waals surface area contributed by atoms with Gasteiger partial charge in [0.1, 0.15) is 11.5 Å². The first-order chi connectivity index (χ1) is 10.0. The third kappa shape index (κ3) is 4.11. The van der Waals surface area contributed by atoms with Gasteiger partial charge in [0.2, 0.25) is 0 Å². The average molecular weight is 292 g/mol. The Kier molecular flexibility index (Phi) is 5.48. The molecule has 4 nitrogen and oxygen atoms in total. The summed E-state index contributed by atoms with van der Waals surface area (Å²) in [6.07, 6.45) is 0.997. The van der Waals surface area contributed by atoms with E-state index in [1.807, 2.05) is 12.1 Å². The molecule has 0 radical (unpaired) electrons. The highest BCUT2D eigenvalue weighted by molar-refractivity contribution is 5.43. The number of fused-ring (bicyclic) bond motifs is 1. The van der Waals surface area contributed by atoms with Crippen molar-refractivity contribution in [3.63, 3.8) is 0 Å². The molecule has 21 heavy (non-hydrogen) atoms. The van der Waals surface area contributed by atoms with Crippen LogP contribution in [0.5, 0.6) is 11.5 Å². The molecule has 0 aliphatic carbocycles. The lowest BCUT2D eigenvalue weighted by atomic mass is 9.96. The van der Waals surface area contributed by atoms with E-state index < -0.39 is 0 Å². The van der Waals surface area contributed by atoms with E-state index in [-0.39, 0.29) is 0 Å². The Balaban J connectivity index is 2.17. The molecule has 0 bridgehead atoms. The van der Waals surface area contributed by atoms with Crippen molar-refractivity contribution >= 4 is 0 Å². The highest BCUT2D eigenvalue weighted by Gasteiger charge is 2.26. The molecular weight excluding hydrogens is 264 g/mol. The Morgan fingerprint density at radius 1 is 1.38 bits per heavy atom. The Morgan fingerprint density at radius 2 is 2.14 bits per heavy atom. The van der Waals surface area contributed by atoms with Crippen LogP contribution in [-0.4, -0.2) is 45.3 Å². The summed E-state index contributed by atoms with van der Waals surface area (Å²) in [6, 6.07) is 6.86. The first-order valence-corrected chi connectivity index (χ1v) is 7.72. The minimum atomic E-state index is 0.330. The third-order valence-corrected chi connectivity index (χ3v) is 4.04. The van der Waals surface area contributed by atoms with Gasteiger partial charge in [-0.15, -0.1) is 0 Å². The van der Waals surface area contributed by atoms with Crippen molar-refractivity contribution < 1.29 is 9.47 Å². The molecule has 1 aromatic carbocycles. The number of methoxy groups -OCH3 is 1. The lowest BCUT2D eigenvalue weighted by molar-refractivity contribution is 0.215. The first kappa shape index (κ1) is 16.1. The minimum Gasteiger partial charge on any atom is -0.497 e. The van der Waals surface area contributed by atoms with Crippen molar-refractivity contribution in [2.24, 2.45) is 5.92 Å². The summed E-state index contributed by atoms with van der Waals surface area (Å²) >= 11 is 0. The van der Waals surface area contributed by atoms with Gasteiger partial charge in [0.15, 0.2) is 0 Å². The smallest absolute Gasteiger partial charge is 0.124 e. The Labute approximate surface area is 128 Å². The van der Waals surface area contributed by atoms with E-state index in [0.717, 1.165) is 31.1 Å². The molecule has 0 amide bonds. The van der Waals surface area contributed by atoms with E-state index in [2.05, 4.69) is 44.2 Å². The topological polar surface area (TPSA) is 33.7 Å². The van der Waals surface area contributed by atoms with E-state index in [1.54, 1.807) is 7.11 Å². The standard InChI is InChI=1S/C17H28N2O2/c1-12(2)16(11-19(3)4)18-15-8-9-21-17-7-6-13(20-5)10-14(15)17/h6-7,10,12,15-16,18H,8-9,11H2,1-5H3. The summed E-state index contributed by atoms with van der Waals surface area (Å²) in [5.41, 5.74) is 1.21. The van der Waals surface area contributed by atoms with E-state index >= 15 is 0 Å². The second-order valence-corrected chi connectivity index (χ2v) is 6.37. The number of ether oxygens (including phenoxy) is 2. The van der Waals surface area contributed by atoms with Gasteiger partial charge in [0, 0.05) is 30.6 Å². The Morgan fingerprint density at radius 3 is 2.76 bits per heavy atom. The number of benzene rings is 1. The normalized spacial score (nSPS) is 19.3. The summed E-state index contributed by atoms with van der Waals surface area (Å²) in [4.78, 5) is 2.24. The zero-order valence-electron chi connectivity index (χ0n) is 13.8. The van der Waals surface area contributed by atoms with Crippen LogP contribution in [0.15, 0.2) is 18.2 Å². The van der Waals surface area contributed by atoms with Crippen molar-refractivity contribution in [2.75, 3.05) is 34.4 Å². The molecule has 0 saturated carbocycles. The fourth-order valence-corrected chi connectivity index (χ4v) is 2.78. The fourth-order valence-electron chi connectivity index (χ4n) is 2.78. The average Bonchev–Trinajstić information content (AvgIpc) is 2.45. The van der Waals surface area contributed by atoms with Crippen molar-refractivity contribution in [3.8, 4) is 11.5 Å². The molecule has 118 valence electrons. The van der Waals surface area contributed by atoms with Gasteiger partial charge in [-0.3, -0.25) is 0 Å². The molecule has 2 rings (SSSR count). The van der Waals surface area contributed by atoms with Gasteiger partial charge in [0.05, 0.1) is 13.7 Å². The molecule has 0 fully saturated rings. The quantitative estimate of drug-likeness (QED) is 0.874. The monoisotopic (exact) mass is 292 g/mol. The van der Waals surface area contributed by atoms with Crippen molar-refractivity contribution in [3.05, 3.63) is 23.8 Å². The van der Waals surface area contributed by atoms with Crippen molar-refractivity contribution in [1.29, 1.82) is 0 Å². The van der Waals surface area contributed by atoms with Gasteiger partial charge < -0.3 is 19.7 Å². The number of hydrogen-bond acceptors (Lipinski definition) is 4. The molecular formula is C17H28N2O2. The van der Waals surface area contributed by atoms with Crippen LogP contribution in [0.4, 0.5) is 0 Å². The molecule has 2 unspecified atom stereocenters. The van der Waals surface area contributed by atoms with Crippen LogP contribution < -0.4 is 14.8 Å². The highest BCUT2D eigenvalue weighted by atomic mass is 16.5. The van der Waals surface area contributed by atoms with Crippen LogP contribution in [0.1, 0.15) is 31.9 Å². The van der Waals surface area contributed by atoms with Gasteiger partial charge in [-0.05, 0) is 38.2 Å². The summed E-state index contributed by atoms with van der Waals surface area (Å²) in [5.74, 6) is 2.45. The van der Waals surface area contributed by atoms with E-state index in [1.165, 1.54) is 5.56 Å². The van der Waals surface area contributed by atoms with Crippen LogP contribution in [0.25, 0.3) is 0 Å². The van der Waals surface area contributed by atoms with Gasteiger partial charge in [-0.1, -0.05) is 13.8 Å². The third-order valence-electron chi connectivity index (χ3n) is 4.04. The van der Waals surface area contributed by atoms with E-state index in [0.29, 0.717) is 18.0 Å². The molecule has 2 atom stereocenters. The lowest BCUT2D eigenvalue weighted by Gasteiger charge is -2.33. The summed E-state index contributed by atoms with van der Waals surface area (Å²) in [6.45, 7) is 6.35. The SMILES string of the molecule is COc1ccc2c(c1)C(NC(CN(C)C)C(C)C)CCO2. The molecule has 1 aliphatic heterocycles. The molecule has 4 heteroatoms. The minimum absolute atomic E-state index is 0.330. The summed E-state index contributed by atoms with van der Waals surface area (Å²) in [7, 11) is 5.95. The van der Waals surface area contributed by atoms with Crippen molar-refractivity contribution in [2.45, 2.75) is 32.4 Å². The predicted molar refractivity (Wildman–Crippen MR) is 86.2 cm³/mol. The van der Waals surface area contributed by atoms with Crippen LogP contribution in [0, 0.1) is 5.92 Å². The molecule has 0 saturated heterocycles. The maximum absolute atomic E-state index is 5.77. The number of likely N-dealkylation sites (N-methyl/N-ethyl adjacent to an activating group) is 1. The number of rotatable bonds is 6. The Bertz CT molecular complexity index is 460. The van der Waals surface area contributed by atoms with Gasteiger partial charge >= 0.3 is 0 Å². The van der Waals surface area contributed by atoms with Crippen LogP contribution in [0.3, 0.4) is 0 Å². The number of nitrogens with one attached hydrogen (secondary N) is 1. The molecule has 1 aliphatic rings. The zero-order valence-corrected chi connectivity index (χ0v) is 13.8. The lowest BCUT2D eigenvalue weighted by Crippen LogP contribution is -2.44. The largest absolute Gasteiger partial charge is 0.497 e. The Hall–Kier alpha value is -1.26. The summed E-state index contributed by atoms with van der Waals surface area (Å²) < 4.78 is 11.1. The number of hydrogen-bond donors (Lipinski definition) is 1. The second-order valence-electron chi connectivity index (χ2n) is 6.37. The van der Waals surface area contributed by atoms with Crippen LogP contribution in [-0.2, 0) is 0 Å². The van der Waals surface area contributed by atoms with Gasteiger partial charge in [0.25, 0.3) is 0 Å². The molecule has 1 heterocycles. The second kappa shape index (κ2) is 7.14. The van der Waals surface area contributed by atoms with Crippen LogP contribution in [0.2, 0.25) is 0 Å². The molecule has 0 spiro atoms. The van der Waals surface area contributed by atoms with Crippen LogP contribution >= 0.6 is 0 Å².